The van der Waals surface area contributed by atoms with Crippen LogP contribution in [0.15, 0.2) is 119 Å². The lowest BCUT2D eigenvalue weighted by Gasteiger charge is -2.23. The standard InChI is InChI=1S/C42H45N3/c1-27(2)35-21-15-22-36(28(3)4)42(35)44-32(8)39-24-16-23-38(45-39)31(7)43-41-30(6)25-29(5)26-37(41)40(33-17-11-9-12-18-33)34-19-13-10-14-20-34/h9-28,40H,1-8H3. The van der Waals surface area contributed by atoms with Crippen LogP contribution in [0.4, 0.5) is 11.4 Å². The third-order valence-corrected chi connectivity index (χ3v) is 8.44. The van der Waals surface area contributed by atoms with Gasteiger partial charge in [0.25, 0.3) is 0 Å². The maximum Gasteiger partial charge on any atom is 0.0849 e. The van der Waals surface area contributed by atoms with Crippen molar-refractivity contribution in [1.82, 2.24) is 4.98 Å². The molecule has 45 heavy (non-hydrogen) atoms. The molecule has 4 aromatic carbocycles. The number of para-hydroxylation sites is 1. The maximum absolute atomic E-state index is 5.32. The summed E-state index contributed by atoms with van der Waals surface area (Å²) in [7, 11) is 0. The largest absolute Gasteiger partial charge is 0.251 e. The molecule has 0 radical (unpaired) electrons. The molecule has 5 rings (SSSR count). The zero-order chi connectivity index (χ0) is 32.1. The molecule has 0 atom stereocenters. The number of rotatable bonds is 9. The van der Waals surface area contributed by atoms with Crippen molar-refractivity contribution < 1.29 is 0 Å². The van der Waals surface area contributed by atoms with Crippen LogP contribution in [0.1, 0.15) is 110 Å². The summed E-state index contributed by atoms with van der Waals surface area (Å²) in [6, 6.07) is 38.7. The van der Waals surface area contributed by atoms with Crippen LogP contribution in [0.25, 0.3) is 0 Å². The molecule has 3 heteroatoms. The van der Waals surface area contributed by atoms with Gasteiger partial charge in [-0.2, -0.15) is 0 Å². The first-order valence-electron chi connectivity index (χ1n) is 16.1. The van der Waals surface area contributed by atoms with Gasteiger partial charge < -0.3 is 0 Å². The molecule has 0 aliphatic rings. The van der Waals surface area contributed by atoms with E-state index in [9.17, 15) is 0 Å². The minimum absolute atomic E-state index is 0.0578. The molecular weight excluding hydrogens is 546 g/mol. The van der Waals surface area contributed by atoms with Gasteiger partial charge >= 0.3 is 0 Å². The van der Waals surface area contributed by atoms with Gasteiger partial charge in [-0.25, -0.2) is 4.98 Å². The molecule has 5 aromatic rings. The molecule has 0 unspecified atom stereocenters. The topological polar surface area (TPSA) is 37.6 Å². The SMILES string of the molecule is CC(=Nc1c(C(C)C)cccc1C(C)C)c1cccc(C(C)=Nc2c(C)cc(C)cc2C(c2ccccc2)c2ccccc2)n1. The highest BCUT2D eigenvalue weighted by Crippen LogP contribution is 2.40. The molecule has 228 valence electrons. The van der Waals surface area contributed by atoms with Crippen molar-refractivity contribution in [2.45, 2.75) is 73.1 Å². The van der Waals surface area contributed by atoms with Crippen molar-refractivity contribution in [3.8, 4) is 0 Å². The molecule has 0 aliphatic carbocycles. The van der Waals surface area contributed by atoms with E-state index in [4.69, 9.17) is 15.0 Å². The van der Waals surface area contributed by atoms with E-state index in [0.29, 0.717) is 11.8 Å². The van der Waals surface area contributed by atoms with Gasteiger partial charge in [0.05, 0.1) is 34.2 Å². The Kier molecular flexibility index (Phi) is 9.88. The Hall–Kier alpha value is -4.63. The van der Waals surface area contributed by atoms with Crippen LogP contribution in [-0.4, -0.2) is 16.4 Å². The number of aliphatic imine (C=N–C) groups is 2. The third-order valence-electron chi connectivity index (χ3n) is 8.44. The number of hydrogen-bond donors (Lipinski definition) is 0. The summed E-state index contributed by atoms with van der Waals surface area (Å²) in [5.41, 5.74) is 14.2. The minimum atomic E-state index is 0.0578. The maximum atomic E-state index is 5.32. The normalized spacial score (nSPS) is 12.4. The average molecular weight is 592 g/mol. The molecule has 0 amide bonds. The molecular formula is C42H45N3. The molecule has 0 N–H and O–H groups in total. The second kappa shape index (κ2) is 14.0. The van der Waals surface area contributed by atoms with Gasteiger partial charge in [-0.05, 0) is 85.0 Å². The van der Waals surface area contributed by atoms with Crippen molar-refractivity contribution in [2.75, 3.05) is 0 Å². The summed E-state index contributed by atoms with van der Waals surface area (Å²) < 4.78 is 0. The van der Waals surface area contributed by atoms with Crippen molar-refractivity contribution >= 4 is 22.8 Å². The molecule has 1 heterocycles. The fourth-order valence-electron chi connectivity index (χ4n) is 6.14. The fourth-order valence-corrected chi connectivity index (χ4v) is 6.14. The van der Waals surface area contributed by atoms with Gasteiger partial charge in [-0.3, -0.25) is 9.98 Å². The Labute approximate surface area is 269 Å². The zero-order valence-corrected chi connectivity index (χ0v) is 28.0. The Morgan fingerprint density at radius 1 is 0.533 bits per heavy atom. The van der Waals surface area contributed by atoms with E-state index in [1.165, 1.54) is 33.4 Å². The highest BCUT2D eigenvalue weighted by atomic mass is 14.8. The molecule has 1 aromatic heterocycles. The van der Waals surface area contributed by atoms with Crippen LogP contribution in [0.3, 0.4) is 0 Å². The number of nitrogens with zero attached hydrogens (tertiary/aromatic N) is 3. The Morgan fingerprint density at radius 3 is 1.49 bits per heavy atom. The first-order chi connectivity index (χ1) is 21.6. The zero-order valence-electron chi connectivity index (χ0n) is 28.0. The monoisotopic (exact) mass is 591 g/mol. The number of pyridine rings is 1. The number of benzene rings is 4. The van der Waals surface area contributed by atoms with Gasteiger partial charge in [0.15, 0.2) is 0 Å². The fraction of sp³-hybridized carbons (Fsp3) is 0.262. The number of aromatic nitrogens is 1. The predicted molar refractivity (Wildman–Crippen MR) is 192 cm³/mol. The molecule has 0 saturated carbocycles. The second-order valence-electron chi connectivity index (χ2n) is 12.7. The highest BCUT2D eigenvalue weighted by molar-refractivity contribution is 6.02. The van der Waals surface area contributed by atoms with Crippen molar-refractivity contribution in [3.05, 3.63) is 160 Å². The minimum Gasteiger partial charge on any atom is -0.251 e. The van der Waals surface area contributed by atoms with Gasteiger partial charge in [0, 0.05) is 5.92 Å². The van der Waals surface area contributed by atoms with Crippen LogP contribution in [0, 0.1) is 13.8 Å². The van der Waals surface area contributed by atoms with E-state index >= 15 is 0 Å². The average Bonchev–Trinajstić information content (AvgIpc) is 3.03. The second-order valence-corrected chi connectivity index (χ2v) is 12.7. The highest BCUT2D eigenvalue weighted by Gasteiger charge is 2.22. The molecule has 3 nitrogen and oxygen atoms in total. The Balaban J connectivity index is 1.60. The first kappa shape index (κ1) is 31.8. The molecule has 0 spiro atoms. The molecule has 0 bridgehead atoms. The summed E-state index contributed by atoms with van der Waals surface area (Å²) in [4.78, 5) is 15.6. The molecule has 0 fully saturated rings. The van der Waals surface area contributed by atoms with Gasteiger partial charge in [0.1, 0.15) is 0 Å². The van der Waals surface area contributed by atoms with E-state index in [1.54, 1.807) is 0 Å². The summed E-state index contributed by atoms with van der Waals surface area (Å²) in [6.45, 7) is 17.4. The van der Waals surface area contributed by atoms with Crippen molar-refractivity contribution in [2.24, 2.45) is 9.98 Å². The van der Waals surface area contributed by atoms with Crippen molar-refractivity contribution in [1.29, 1.82) is 0 Å². The smallest absolute Gasteiger partial charge is 0.0849 e. The quantitative estimate of drug-likeness (QED) is 0.124. The van der Waals surface area contributed by atoms with Crippen molar-refractivity contribution in [3.63, 3.8) is 0 Å². The Morgan fingerprint density at radius 2 is 1.00 bits per heavy atom. The molecule has 0 saturated heterocycles. The number of hydrogen-bond acceptors (Lipinski definition) is 3. The van der Waals surface area contributed by atoms with Crippen LogP contribution < -0.4 is 0 Å². The van der Waals surface area contributed by atoms with E-state index in [-0.39, 0.29) is 5.92 Å². The van der Waals surface area contributed by atoms with Crippen LogP contribution in [0.5, 0.6) is 0 Å². The summed E-state index contributed by atoms with van der Waals surface area (Å²) in [5.74, 6) is 0.820. The lowest BCUT2D eigenvalue weighted by molar-refractivity contribution is 0.834. The summed E-state index contributed by atoms with van der Waals surface area (Å²) >= 11 is 0. The Bertz CT molecular complexity index is 1760. The van der Waals surface area contributed by atoms with E-state index in [2.05, 4.69) is 152 Å². The van der Waals surface area contributed by atoms with E-state index in [0.717, 1.165) is 39.7 Å². The van der Waals surface area contributed by atoms with Crippen LogP contribution in [-0.2, 0) is 0 Å². The van der Waals surface area contributed by atoms with E-state index in [1.807, 2.05) is 12.1 Å². The predicted octanol–water partition coefficient (Wildman–Crippen LogP) is 11.4. The van der Waals surface area contributed by atoms with Gasteiger partial charge in [-0.15, -0.1) is 0 Å². The van der Waals surface area contributed by atoms with Crippen LogP contribution in [0.2, 0.25) is 0 Å². The first-order valence-corrected chi connectivity index (χ1v) is 16.1. The third kappa shape index (κ3) is 7.20. The molecule has 0 aliphatic heterocycles. The summed E-state index contributed by atoms with van der Waals surface area (Å²) in [5, 5.41) is 0. The summed E-state index contributed by atoms with van der Waals surface area (Å²) in [6.07, 6.45) is 0. The lowest BCUT2D eigenvalue weighted by atomic mass is 9.83. The van der Waals surface area contributed by atoms with Gasteiger partial charge in [-0.1, -0.05) is 130 Å². The van der Waals surface area contributed by atoms with E-state index < -0.39 is 0 Å². The number of aryl methyl sites for hydroxylation is 2. The lowest BCUT2D eigenvalue weighted by Crippen LogP contribution is -2.08. The van der Waals surface area contributed by atoms with Crippen LogP contribution >= 0.6 is 0 Å². The van der Waals surface area contributed by atoms with Gasteiger partial charge in [0.2, 0.25) is 0 Å².